The molecule has 1 heterocycles. The van der Waals surface area contributed by atoms with Crippen molar-refractivity contribution < 1.29 is 4.79 Å². The summed E-state index contributed by atoms with van der Waals surface area (Å²) in [5.74, 6) is 0.998. The molecule has 0 aromatic heterocycles. The number of hydrogen-bond acceptors (Lipinski definition) is 2. The minimum Gasteiger partial charge on any atom is -0.354 e. The monoisotopic (exact) mass is 302 g/mol. The lowest BCUT2D eigenvalue weighted by atomic mass is 9.99. The third-order valence-electron chi connectivity index (χ3n) is 4.43. The summed E-state index contributed by atoms with van der Waals surface area (Å²) in [4.78, 5) is 14.3. The van der Waals surface area contributed by atoms with E-state index in [4.69, 9.17) is 0 Å². The highest BCUT2D eigenvalue weighted by molar-refractivity contribution is 5.78. The van der Waals surface area contributed by atoms with Gasteiger partial charge in [-0.1, -0.05) is 31.2 Å². The molecule has 22 heavy (non-hydrogen) atoms. The highest BCUT2D eigenvalue weighted by Crippen LogP contribution is 2.16. The quantitative estimate of drug-likeness (QED) is 0.876. The van der Waals surface area contributed by atoms with Crippen molar-refractivity contribution in [3.05, 3.63) is 35.4 Å². The highest BCUT2D eigenvalue weighted by atomic mass is 16.1. The van der Waals surface area contributed by atoms with E-state index in [0.717, 1.165) is 24.4 Å². The van der Waals surface area contributed by atoms with Gasteiger partial charge in [0.2, 0.25) is 5.91 Å². The molecular formula is C19H30N2O. The van der Waals surface area contributed by atoms with Crippen molar-refractivity contribution in [3.8, 4) is 0 Å². The number of nitrogens with zero attached hydrogens (tertiary/aromatic N) is 1. The van der Waals surface area contributed by atoms with Crippen LogP contribution in [0, 0.1) is 5.92 Å². The fourth-order valence-corrected chi connectivity index (χ4v) is 2.96. The Morgan fingerprint density at radius 3 is 2.36 bits per heavy atom. The third-order valence-corrected chi connectivity index (χ3v) is 4.43. The summed E-state index contributed by atoms with van der Waals surface area (Å²) in [5.41, 5.74) is 2.46. The van der Waals surface area contributed by atoms with Gasteiger partial charge in [0.25, 0.3) is 0 Å². The Kier molecular flexibility index (Phi) is 6.44. The maximum absolute atomic E-state index is 11.7. The van der Waals surface area contributed by atoms with Crippen LogP contribution in [0.4, 0.5) is 0 Å². The van der Waals surface area contributed by atoms with Crippen LogP contribution < -0.4 is 5.32 Å². The van der Waals surface area contributed by atoms with Gasteiger partial charge in [0.05, 0.1) is 6.42 Å². The SMILES string of the molecule is CC1CCN(CCc2ccc(CC(=O)NC(C)C)cc2)CC1. The van der Waals surface area contributed by atoms with Crippen molar-refractivity contribution in [1.82, 2.24) is 10.2 Å². The van der Waals surface area contributed by atoms with Crippen molar-refractivity contribution in [1.29, 1.82) is 0 Å². The van der Waals surface area contributed by atoms with Crippen molar-refractivity contribution in [2.45, 2.75) is 52.5 Å². The standard InChI is InChI=1S/C19H30N2O/c1-15(2)20-19(22)14-18-6-4-17(5-7-18)10-13-21-11-8-16(3)9-12-21/h4-7,15-16H,8-14H2,1-3H3,(H,20,22). The number of piperidine rings is 1. The predicted octanol–water partition coefficient (Wildman–Crippen LogP) is 3.03. The van der Waals surface area contributed by atoms with E-state index in [-0.39, 0.29) is 11.9 Å². The van der Waals surface area contributed by atoms with Crippen molar-refractivity contribution in [2.24, 2.45) is 5.92 Å². The molecule has 0 radical (unpaired) electrons. The molecule has 0 spiro atoms. The molecule has 0 bridgehead atoms. The topological polar surface area (TPSA) is 32.3 Å². The number of hydrogen-bond donors (Lipinski definition) is 1. The van der Waals surface area contributed by atoms with Gasteiger partial charge < -0.3 is 10.2 Å². The van der Waals surface area contributed by atoms with E-state index >= 15 is 0 Å². The van der Waals surface area contributed by atoms with Crippen molar-refractivity contribution in [2.75, 3.05) is 19.6 Å². The summed E-state index contributed by atoms with van der Waals surface area (Å²) in [7, 11) is 0. The fraction of sp³-hybridized carbons (Fsp3) is 0.632. The van der Waals surface area contributed by atoms with Gasteiger partial charge in [-0.05, 0) is 63.2 Å². The summed E-state index contributed by atoms with van der Waals surface area (Å²) in [6, 6.07) is 8.73. The van der Waals surface area contributed by atoms with Crippen LogP contribution in [0.15, 0.2) is 24.3 Å². The lowest BCUT2D eigenvalue weighted by Gasteiger charge is -2.30. The Bertz CT molecular complexity index is 459. The lowest BCUT2D eigenvalue weighted by Crippen LogP contribution is -2.34. The largest absolute Gasteiger partial charge is 0.354 e. The number of likely N-dealkylation sites (tertiary alicyclic amines) is 1. The van der Waals surface area contributed by atoms with E-state index in [2.05, 4.69) is 41.4 Å². The van der Waals surface area contributed by atoms with Crippen LogP contribution in [-0.4, -0.2) is 36.5 Å². The summed E-state index contributed by atoms with van der Waals surface area (Å²) in [6.07, 6.45) is 4.25. The molecule has 1 saturated heterocycles. The summed E-state index contributed by atoms with van der Waals surface area (Å²) < 4.78 is 0. The number of carbonyl (C=O) groups is 1. The Hall–Kier alpha value is -1.35. The maximum atomic E-state index is 11.7. The number of amides is 1. The van der Waals surface area contributed by atoms with Crippen molar-refractivity contribution in [3.63, 3.8) is 0 Å². The van der Waals surface area contributed by atoms with Gasteiger partial charge in [0.15, 0.2) is 0 Å². The summed E-state index contributed by atoms with van der Waals surface area (Å²) >= 11 is 0. The summed E-state index contributed by atoms with van der Waals surface area (Å²) in [5, 5.41) is 2.93. The van der Waals surface area contributed by atoms with Crippen LogP contribution in [0.2, 0.25) is 0 Å². The zero-order chi connectivity index (χ0) is 15.9. The molecule has 3 nitrogen and oxygen atoms in total. The van der Waals surface area contributed by atoms with Crippen LogP contribution in [0.1, 0.15) is 44.7 Å². The smallest absolute Gasteiger partial charge is 0.224 e. The molecule has 3 heteroatoms. The molecule has 1 N–H and O–H groups in total. The molecular weight excluding hydrogens is 272 g/mol. The minimum atomic E-state index is 0.102. The lowest BCUT2D eigenvalue weighted by molar-refractivity contribution is -0.120. The van der Waals surface area contributed by atoms with E-state index in [1.165, 1.54) is 31.5 Å². The third kappa shape index (κ3) is 5.80. The van der Waals surface area contributed by atoms with Gasteiger partial charge in [-0.15, -0.1) is 0 Å². The Morgan fingerprint density at radius 1 is 1.18 bits per heavy atom. The zero-order valence-electron chi connectivity index (χ0n) is 14.3. The van der Waals surface area contributed by atoms with E-state index in [9.17, 15) is 4.79 Å². The average molecular weight is 302 g/mol. The molecule has 0 saturated carbocycles. The van der Waals surface area contributed by atoms with Gasteiger partial charge >= 0.3 is 0 Å². The Morgan fingerprint density at radius 2 is 1.77 bits per heavy atom. The molecule has 0 unspecified atom stereocenters. The molecule has 2 rings (SSSR count). The maximum Gasteiger partial charge on any atom is 0.224 e. The second-order valence-electron chi connectivity index (χ2n) is 6.99. The van der Waals surface area contributed by atoms with Gasteiger partial charge in [-0.3, -0.25) is 4.79 Å². The van der Waals surface area contributed by atoms with Gasteiger partial charge in [0.1, 0.15) is 0 Å². The van der Waals surface area contributed by atoms with E-state index < -0.39 is 0 Å². The molecule has 1 aromatic carbocycles. The molecule has 122 valence electrons. The van der Waals surface area contributed by atoms with Crippen molar-refractivity contribution >= 4 is 5.91 Å². The average Bonchev–Trinajstić information content (AvgIpc) is 2.47. The molecule has 1 aromatic rings. The molecule has 1 amide bonds. The van der Waals surface area contributed by atoms with E-state index in [0.29, 0.717) is 6.42 Å². The minimum absolute atomic E-state index is 0.102. The van der Waals surface area contributed by atoms with Gasteiger partial charge in [0, 0.05) is 12.6 Å². The van der Waals surface area contributed by atoms with Crippen LogP contribution >= 0.6 is 0 Å². The summed E-state index contributed by atoms with van der Waals surface area (Å²) in [6.45, 7) is 9.97. The van der Waals surface area contributed by atoms with Gasteiger partial charge in [-0.25, -0.2) is 0 Å². The van der Waals surface area contributed by atoms with Crippen LogP contribution in [0.5, 0.6) is 0 Å². The molecule has 1 fully saturated rings. The van der Waals surface area contributed by atoms with E-state index in [1.807, 2.05) is 13.8 Å². The first-order valence-corrected chi connectivity index (χ1v) is 8.62. The van der Waals surface area contributed by atoms with Crippen LogP contribution in [0.3, 0.4) is 0 Å². The number of benzene rings is 1. The second-order valence-corrected chi connectivity index (χ2v) is 6.99. The van der Waals surface area contributed by atoms with Crippen LogP contribution in [0.25, 0.3) is 0 Å². The number of carbonyl (C=O) groups excluding carboxylic acids is 1. The van der Waals surface area contributed by atoms with Gasteiger partial charge in [-0.2, -0.15) is 0 Å². The zero-order valence-corrected chi connectivity index (χ0v) is 14.3. The molecule has 0 aliphatic carbocycles. The van der Waals surface area contributed by atoms with Crippen LogP contribution in [-0.2, 0) is 17.6 Å². The van der Waals surface area contributed by atoms with E-state index in [1.54, 1.807) is 0 Å². The molecule has 1 aliphatic heterocycles. The first-order valence-electron chi connectivity index (χ1n) is 8.62. The second kappa shape index (κ2) is 8.33. The highest BCUT2D eigenvalue weighted by Gasteiger charge is 2.15. The fourth-order valence-electron chi connectivity index (χ4n) is 2.96. The Labute approximate surface area is 135 Å². The number of nitrogens with one attached hydrogen (secondary N) is 1. The normalized spacial score (nSPS) is 16.9. The Balaban J connectivity index is 1.75. The molecule has 1 aliphatic rings. The predicted molar refractivity (Wildman–Crippen MR) is 92.0 cm³/mol. The number of rotatable bonds is 6. The first-order chi connectivity index (χ1) is 10.5. The first kappa shape index (κ1) is 17.0. The molecule has 0 atom stereocenters.